The highest BCUT2D eigenvalue weighted by Gasteiger charge is 2.67. The third kappa shape index (κ3) is 2.79. The Balaban J connectivity index is 1.78. The van der Waals surface area contributed by atoms with Crippen LogP contribution < -0.4 is 5.32 Å². The Bertz CT molecular complexity index is 1130. The van der Waals surface area contributed by atoms with Crippen molar-refractivity contribution < 1.29 is 14.8 Å². The monoisotopic (exact) mass is 414 g/mol. The first-order chi connectivity index (χ1) is 15.0. The van der Waals surface area contributed by atoms with E-state index in [4.69, 9.17) is 0 Å². The van der Waals surface area contributed by atoms with E-state index < -0.39 is 29.4 Å². The number of nitro groups is 1. The van der Waals surface area contributed by atoms with Crippen LogP contribution in [0.4, 0.5) is 5.69 Å². The summed E-state index contributed by atoms with van der Waals surface area (Å²) in [4.78, 5) is 25.8. The van der Waals surface area contributed by atoms with Crippen molar-refractivity contribution >= 4 is 11.6 Å². The standard InChI is InChI=1S/C25H22N2O4/c28-21-15-18(16-9-3-1-4-10-16)23(27(30)31)22(17-11-5-2-6-12-17)25(21)19-13-7-8-14-20(19)26-24(25)29/h1-14,18,21-23,28H,15H2,(H,26,29)/t18-,21-,22-,23-,25-/m0/s1. The van der Waals surface area contributed by atoms with Gasteiger partial charge < -0.3 is 10.4 Å². The van der Waals surface area contributed by atoms with E-state index in [1.165, 1.54) is 0 Å². The van der Waals surface area contributed by atoms with Crippen molar-refractivity contribution in [1.29, 1.82) is 0 Å². The van der Waals surface area contributed by atoms with Gasteiger partial charge in [0.1, 0.15) is 5.41 Å². The van der Waals surface area contributed by atoms with Gasteiger partial charge in [0, 0.05) is 10.6 Å². The summed E-state index contributed by atoms with van der Waals surface area (Å²) in [6.45, 7) is 0. The molecule has 5 rings (SSSR count). The maximum atomic E-state index is 13.5. The van der Waals surface area contributed by atoms with Crippen molar-refractivity contribution in [2.75, 3.05) is 5.32 Å². The summed E-state index contributed by atoms with van der Waals surface area (Å²) in [5.41, 5.74) is 1.27. The Morgan fingerprint density at radius 2 is 1.48 bits per heavy atom. The number of carbonyl (C=O) groups is 1. The summed E-state index contributed by atoms with van der Waals surface area (Å²) >= 11 is 0. The number of benzene rings is 3. The highest BCUT2D eigenvalue weighted by molar-refractivity contribution is 6.07. The van der Waals surface area contributed by atoms with Crippen LogP contribution in [-0.4, -0.2) is 28.1 Å². The van der Waals surface area contributed by atoms with Gasteiger partial charge in [0.15, 0.2) is 0 Å². The van der Waals surface area contributed by atoms with Crippen molar-refractivity contribution in [3.8, 4) is 0 Å². The van der Waals surface area contributed by atoms with E-state index >= 15 is 0 Å². The molecule has 1 aliphatic carbocycles. The molecule has 1 heterocycles. The molecule has 0 radical (unpaired) electrons. The summed E-state index contributed by atoms with van der Waals surface area (Å²) in [5.74, 6) is -1.74. The molecule has 156 valence electrons. The number of fused-ring (bicyclic) bond motifs is 2. The van der Waals surface area contributed by atoms with Crippen LogP contribution in [0.1, 0.15) is 34.9 Å². The summed E-state index contributed by atoms with van der Waals surface area (Å²) in [6.07, 6.45) is -0.955. The number of para-hydroxylation sites is 1. The molecule has 5 atom stereocenters. The van der Waals surface area contributed by atoms with E-state index in [1.54, 1.807) is 18.2 Å². The molecule has 0 saturated heterocycles. The lowest BCUT2D eigenvalue weighted by atomic mass is 9.54. The smallest absolute Gasteiger partial charge is 0.238 e. The Morgan fingerprint density at radius 3 is 2.13 bits per heavy atom. The van der Waals surface area contributed by atoms with Crippen molar-refractivity contribution in [2.24, 2.45) is 0 Å². The molecule has 2 aliphatic rings. The molecule has 1 saturated carbocycles. The average Bonchev–Trinajstić information content (AvgIpc) is 3.09. The maximum Gasteiger partial charge on any atom is 0.238 e. The number of carbonyl (C=O) groups excluding carboxylic acids is 1. The molecule has 2 N–H and O–H groups in total. The highest BCUT2D eigenvalue weighted by atomic mass is 16.6. The predicted octanol–water partition coefficient (Wildman–Crippen LogP) is 3.85. The van der Waals surface area contributed by atoms with Crippen molar-refractivity contribution in [2.45, 2.75) is 35.8 Å². The van der Waals surface area contributed by atoms with Gasteiger partial charge in [-0.2, -0.15) is 0 Å². The maximum absolute atomic E-state index is 13.5. The summed E-state index contributed by atoms with van der Waals surface area (Å²) in [5, 5.41) is 27.0. The molecule has 1 aliphatic heterocycles. The van der Waals surface area contributed by atoms with E-state index in [0.717, 1.165) is 5.56 Å². The van der Waals surface area contributed by atoms with Crippen LogP contribution in [0, 0.1) is 10.1 Å². The lowest BCUT2D eigenvalue weighted by Gasteiger charge is -2.47. The van der Waals surface area contributed by atoms with Crippen LogP contribution in [0.15, 0.2) is 84.9 Å². The second kappa shape index (κ2) is 7.32. The summed E-state index contributed by atoms with van der Waals surface area (Å²) < 4.78 is 0. The molecule has 1 spiro atoms. The van der Waals surface area contributed by atoms with E-state index in [-0.39, 0.29) is 17.3 Å². The van der Waals surface area contributed by atoms with Crippen LogP contribution in [0.5, 0.6) is 0 Å². The lowest BCUT2D eigenvalue weighted by molar-refractivity contribution is -0.537. The highest BCUT2D eigenvalue weighted by Crippen LogP contribution is 2.58. The van der Waals surface area contributed by atoms with Crippen LogP contribution in [0.2, 0.25) is 0 Å². The van der Waals surface area contributed by atoms with E-state index in [0.29, 0.717) is 16.8 Å². The van der Waals surface area contributed by atoms with Crippen LogP contribution in [-0.2, 0) is 10.2 Å². The fourth-order valence-electron chi connectivity index (χ4n) is 5.64. The van der Waals surface area contributed by atoms with Gasteiger partial charge in [-0.25, -0.2) is 0 Å². The number of aliphatic hydroxyl groups excluding tert-OH is 1. The number of nitrogens with one attached hydrogen (secondary N) is 1. The Kier molecular flexibility index (Phi) is 4.59. The molecule has 1 fully saturated rings. The minimum absolute atomic E-state index is 0.126. The molecule has 6 nitrogen and oxygen atoms in total. The molecule has 0 aromatic heterocycles. The molecule has 31 heavy (non-hydrogen) atoms. The van der Waals surface area contributed by atoms with E-state index in [1.807, 2.05) is 66.7 Å². The van der Waals surface area contributed by atoms with Gasteiger partial charge in [0.05, 0.1) is 17.9 Å². The second-order valence-corrected chi connectivity index (χ2v) is 8.30. The summed E-state index contributed by atoms with van der Waals surface area (Å²) in [6, 6.07) is 24.5. The molecule has 3 aromatic carbocycles. The predicted molar refractivity (Wildman–Crippen MR) is 117 cm³/mol. The number of hydrogen-bond donors (Lipinski definition) is 2. The zero-order valence-corrected chi connectivity index (χ0v) is 16.7. The van der Waals surface area contributed by atoms with Crippen LogP contribution >= 0.6 is 0 Å². The topological polar surface area (TPSA) is 92.5 Å². The Hall–Kier alpha value is -3.51. The van der Waals surface area contributed by atoms with Gasteiger partial charge >= 0.3 is 0 Å². The molecule has 0 bridgehead atoms. The van der Waals surface area contributed by atoms with Crippen molar-refractivity contribution in [3.05, 3.63) is 112 Å². The average molecular weight is 414 g/mol. The molecule has 1 amide bonds. The third-order valence-electron chi connectivity index (χ3n) is 6.87. The van der Waals surface area contributed by atoms with Crippen LogP contribution in [0.25, 0.3) is 0 Å². The van der Waals surface area contributed by atoms with E-state index in [2.05, 4.69) is 5.32 Å². The van der Waals surface area contributed by atoms with Gasteiger partial charge in [-0.1, -0.05) is 78.9 Å². The quantitative estimate of drug-likeness (QED) is 0.503. The normalized spacial score (nSPS) is 29.4. The second-order valence-electron chi connectivity index (χ2n) is 8.30. The van der Waals surface area contributed by atoms with E-state index in [9.17, 15) is 20.0 Å². The number of nitrogens with zero attached hydrogens (tertiary/aromatic N) is 1. The van der Waals surface area contributed by atoms with Gasteiger partial charge in [-0.15, -0.1) is 0 Å². The minimum atomic E-state index is -1.43. The molecular weight excluding hydrogens is 392 g/mol. The molecule has 0 unspecified atom stereocenters. The largest absolute Gasteiger partial charge is 0.392 e. The van der Waals surface area contributed by atoms with Gasteiger partial charge in [-0.3, -0.25) is 14.9 Å². The SMILES string of the molecule is O=C1Nc2ccccc2[C@@]12[C@@H](O)C[C@@H](c1ccccc1)[C@H]([N+](=O)[O-])[C@@H]2c1ccccc1. The zero-order valence-electron chi connectivity index (χ0n) is 16.7. The van der Waals surface area contributed by atoms with Gasteiger partial charge in [-0.05, 0) is 29.2 Å². The first kappa shape index (κ1) is 19.5. The minimum Gasteiger partial charge on any atom is -0.392 e. The Morgan fingerprint density at radius 1 is 0.903 bits per heavy atom. The molecule has 3 aromatic rings. The van der Waals surface area contributed by atoms with Crippen molar-refractivity contribution in [3.63, 3.8) is 0 Å². The number of rotatable bonds is 3. The Labute approximate surface area is 179 Å². The first-order valence-corrected chi connectivity index (χ1v) is 10.4. The first-order valence-electron chi connectivity index (χ1n) is 10.4. The third-order valence-corrected chi connectivity index (χ3v) is 6.87. The van der Waals surface area contributed by atoms with Crippen LogP contribution in [0.3, 0.4) is 0 Å². The zero-order chi connectivity index (χ0) is 21.6. The number of amides is 1. The molecule has 6 heteroatoms. The summed E-state index contributed by atoms with van der Waals surface area (Å²) in [7, 11) is 0. The van der Waals surface area contributed by atoms with Crippen molar-refractivity contribution in [1.82, 2.24) is 0 Å². The molecular formula is C25H22N2O4. The number of hydrogen-bond acceptors (Lipinski definition) is 4. The van der Waals surface area contributed by atoms with Gasteiger partial charge in [0.25, 0.3) is 0 Å². The number of aliphatic hydroxyl groups is 1. The fraction of sp³-hybridized carbons (Fsp3) is 0.240. The van der Waals surface area contributed by atoms with Gasteiger partial charge in [0.2, 0.25) is 11.9 Å². The number of anilines is 1. The fourth-order valence-corrected chi connectivity index (χ4v) is 5.64. The lowest BCUT2D eigenvalue weighted by Crippen LogP contribution is -2.60.